The van der Waals surface area contributed by atoms with Crippen molar-refractivity contribution in [3.05, 3.63) is 11.8 Å². The number of rotatable bonds is 9. The molecule has 1 aliphatic heterocycles. The first kappa shape index (κ1) is 30.2. The standard InChI is InChI=1S/C22H32N2O12/c1-10(25)23-17-14(24-21(31)36-22(5,6)7)8-15(20(29)30)35-19(17)18(34-13(4)28)16(33-12(3)27)9-32-11(2)26/h8,14,16-19H,9H2,1-7H3,(H,23,25)(H,24,31)(H,29,30)/t14-,16+,17+,18+,19+/m0/s1. The Labute approximate surface area is 207 Å². The number of carboxylic acids is 1. The molecule has 0 fully saturated rings. The van der Waals surface area contributed by atoms with Gasteiger partial charge in [-0.2, -0.15) is 0 Å². The second-order valence-corrected chi connectivity index (χ2v) is 8.84. The van der Waals surface area contributed by atoms with E-state index in [1.807, 2.05) is 0 Å². The Morgan fingerprint density at radius 3 is 2.00 bits per heavy atom. The van der Waals surface area contributed by atoms with Crippen LogP contribution in [0.2, 0.25) is 0 Å². The summed E-state index contributed by atoms with van der Waals surface area (Å²) in [6.45, 7) is 8.57. The van der Waals surface area contributed by atoms with Crippen molar-refractivity contribution < 1.29 is 57.6 Å². The van der Waals surface area contributed by atoms with Gasteiger partial charge in [0.25, 0.3) is 0 Å². The molecule has 1 aliphatic rings. The van der Waals surface area contributed by atoms with Gasteiger partial charge in [0.2, 0.25) is 11.7 Å². The van der Waals surface area contributed by atoms with Crippen LogP contribution in [0.5, 0.6) is 0 Å². The highest BCUT2D eigenvalue weighted by Gasteiger charge is 2.48. The minimum atomic E-state index is -1.59. The number of hydrogen-bond donors (Lipinski definition) is 3. The van der Waals surface area contributed by atoms with Gasteiger partial charge in [-0.15, -0.1) is 0 Å². The van der Waals surface area contributed by atoms with Crippen molar-refractivity contribution in [2.45, 2.75) is 84.5 Å². The average molecular weight is 517 g/mol. The molecular formula is C22H32N2O12. The van der Waals surface area contributed by atoms with E-state index in [1.54, 1.807) is 20.8 Å². The van der Waals surface area contributed by atoms with Crippen LogP contribution in [-0.4, -0.2) is 83.6 Å². The third kappa shape index (κ3) is 10.2. The van der Waals surface area contributed by atoms with Gasteiger partial charge >= 0.3 is 30.0 Å². The van der Waals surface area contributed by atoms with Crippen LogP contribution < -0.4 is 10.6 Å². The largest absolute Gasteiger partial charge is 0.477 e. The summed E-state index contributed by atoms with van der Waals surface area (Å²) in [5.41, 5.74) is -0.901. The monoisotopic (exact) mass is 516 g/mol. The van der Waals surface area contributed by atoms with E-state index in [1.165, 1.54) is 0 Å². The van der Waals surface area contributed by atoms with Crippen LogP contribution in [0.3, 0.4) is 0 Å². The van der Waals surface area contributed by atoms with Crippen LogP contribution in [0.1, 0.15) is 48.5 Å². The lowest BCUT2D eigenvalue weighted by atomic mass is 9.91. The average Bonchev–Trinajstić information content (AvgIpc) is 2.68. The SMILES string of the molecule is CC(=O)N[C@H]1[C@H]([C@H](OC(C)=O)[C@@H](COC(C)=O)OC(C)=O)OC(C(=O)O)=C[C@@H]1NC(=O)OC(C)(C)C. The number of ether oxygens (including phenoxy) is 5. The van der Waals surface area contributed by atoms with Gasteiger partial charge in [0.15, 0.2) is 18.3 Å². The second kappa shape index (κ2) is 12.7. The van der Waals surface area contributed by atoms with Crippen molar-refractivity contribution in [3.63, 3.8) is 0 Å². The fourth-order valence-electron chi connectivity index (χ4n) is 3.26. The Balaban J connectivity index is 3.58. The smallest absolute Gasteiger partial charge is 0.408 e. The molecule has 0 saturated carbocycles. The first-order valence-electron chi connectivity index (χ1n) is 10.9. The van der Waals surface area contributed by atoms with Crippen LogP contribution in [0.25, 0.3) is 0 Å². The van der Waals surface area contributed by atoms with Crippen molar-refractivity contribution in [2.24, 2.45) is 0 Å². The third-order valence-electron chi connectivity index (χ3n) is 4.36. The molecule has 0 unspecified atom stereocenters. The number of carbonyl (C=O) groups excluding carboxylic acids is 5. The number of carbonyl (C=O) groups is 6. The Morgan fingerprint density at radius 2 is 1.56 bits per heavy atom. The normalized spacial score (nSPS) is 20.9. The Morgan fingerprint density at radius 1 is 0.972 bits per heavy atom. The fourth-order valence-corrected chi connectivity index (χ4v) is 3.26. The van der Waals surface area contributed by atoms with Gasteiger partial charge in [0, 0.05) is 27.7 Å². The van der Waals surface area contributed by atoms with E-state index in [0.717, 1.165) is 33.8 Å². The van der Waals surface area contributed by atoms with E-state index in [0.29, 0.717) is 0 Å². The molecule has 1 rings (SSSR count). The summed E-state index contributed by atoms with van der Waals surface area (Å²) in [5.74, 6) is -5.27. The number of amides is 2. The molecule has 2 amide bonds. The Kier molecular flexibility index (Phi) is 10.7. The fraction of sp³-hybridized carbons (Fsp3) is 0.636. The summed E-state index contributed by atoms with van der Waals surface area (Å²) in [6, 6.07) is -2.49. The maximum Gasteiger partial charge on any atom is 0.408 e. The number of carboxylic acid groups (broad SMARTS) is 1. The molecule has 0 saturated heterocycles. The molecule has 14 heteroatoms. The molecule has 202 valence electrons. The van der Waals surface area contributed by atoms with Gasteiger partial charge in [-0.3, -0.25) is 19.2 Å². The molecule has 36 heavy (non-hydrogen) atoms. The number of aliphatic carboxylic acids is 1. The van der Waals surface area contributed by atoms with E-state index in [9.17, 15) is 33.9 Å². The predicted molar refractivity (Wildman–Crippen MR) is 119 cm³/mol. The lowest BCUT2D eigenvalue weighted by Crippen LogP contribution is -2.64. The maximum absolute atomic E-state index is 12.5. The minimum absolute atomic E-state index is 0.588. The highest BCUT2D eigenvalue weighted by Crippen LogP contribution is 2.27. The van der Waals surface area contributed by atoms with Gasteiger partial charge in [0.05, 0.1) is 12.1 Å². The van der Waals surface area contributed by atoms with E-state index in [-0.39, 0.29) is 0 Å². The molecule has 3 N–H and O–H groups in total. The van der Waals surface area contributed by atoms with E-state index in [2.05, 4.69) is 10.6 Å². The third-order valence-corrected chi connectivity index (χ3v) is 4.36. The van der Waals surface area contributed by atoms with Crippen LogP contribution in [0.15, 0.2) is 11.8 Å². The minimum Gasteiger partial charge on any atom is -0.477 e. The molecule has 5 atom stereocenters. The number of nitrogens with one attached hydrogen (secondary N) is 2. The number of hydrogen-bond acceptors (Lipinski definition) is 11. The summed E-state index contributed by atoms with van der Waals surface area (Å²) < 4.78 is 26.2. The van der Waals surface area contributed by atoms with Crippen LogP contribution >= 0.6 is 0 Å². The van der Waals surface area contributed by atoms with Gasteiger partial charge in [-0.25, -0.2) is 9.59 Å². The topological polar surface area (TPSA) is 193 Å². The molecular weight excluding hydrogens is 484 g/mol. The van der Waals surface area contributed by atoms with Gasteiger partial charge < -0.3 is 39.4 Å². The first-order chi connectivity index (χ1) is 16.5. The molecule has 0 aromatic rings. The van der Waals surface area contributed by atoms with Crippen molar-refractivity contribution in [2.75, 3.05) is 6.61 Å². The van der Waals surface area contributed by atoms with Gasteiger partial charge in [0.1, 0.15) is 12.2 Å². The number of esters is 3. The lowest BCUT2D eigenvalue weighted by molar-refractivity contribution is -0.188. The van der Waals surface area contributed by atoms with Crippen molar-refractivity contribution in [3.8, 4) is 0 Å². The highest BCUT2D eigenvalue weighted by molar-refractivity contribution is 5.85. The molecule has 0 bridgehead atoms. The second-order valence-electron chi connectivity index (χ2n) is 8.84. The van der Waals surface area contributed by atoms with E-state index < -0.39 is 84.2 Å². The highest BCUT2D eigenvalue weighted by atomic mass is 16.6. The first-order valence-corrected chi connectivity index (χ1v) is 10.9. The molecule has 1 heterocycles. The molecule has 0 spiro atoms. The van der Waals surface area contributed by atoms with E-state index in [4.69, 9.17) is 23.7 Å². The lowest BCUT2D eigenvalue weighted by Gasteiger charge is -2.41. The zero-order valence-corrected chi connectivity index (χ0v) is 21.1. The number of alkyl carbamates (subject to hydrolysis) is 1. The molecule has 14 nitrogen and oxygen atoms in total. The van der Waals surface area contributed by atoms with E-state index >= 15 is 0 Å². The Hall–Kier alpha value is -3.84. The zero-order valence-electron chi connectivity index (χ0n) is 21.1. The van der Waals surface area contributed by atoms with Crippen molar-refractivity contribution in [1.29, 1.82) is 0 Å². The molecule has 0 aliphatic carbocycles. The van der Waals surface area contributed by atoms with Crippen molar-refractivity contribution in [1.82, 2.24) is 10.6 Å². The van der Waals surface area contributed by atoms with Crippen molar-refractivity contribution >= 4 is 35.9 Å². The molecule has 0 aromatic carbocycles. The summed E-state index contributed by atoms with van der Waals surface area (Å²) in [7, 11) is 0. The van der Waals surface area contributed by atoms with Crippen LogP contribution in [-0.2, 0) is 47.7 Å². The van der Waals surface area contributed by atoms with Gasteiger partial charge in [-0.05, 0) is 26.8 Å². The quantitative estimate of drug-likeness (QED) is 0.278. The molecule has 0 aromatic heterocycles. The summed E-state index contributed by atoms with van der Waals surface area (Å²) in [4.78, 5) is 71.4. The van der Waals surface area contributed by atoms with Gasteiger partial charge in [-0.1, -0.05) is 0 Å². The summed E-state index contributed by atoms with van der Waals surface area (Å²) >= 11 is 0. The molecule has 0 radical (unpaired) electrons. The van der Waals surface area contributed by atoms with Crippen LogP contribution in [0.4, 0.5) is 4.79 Å². The Bertz CT molecular complexity index is 907. The predicted octanol–water partition coefficient (Wildman–Crippen LogP) is 0.178. The summed E-state index contributed by atoms with van der Waals surface area (Å²) in [5, 5.41) is 14.6. The maximum atomic E-state index is 12.5. The zero-order chi connectivity index (χ0) is 27.8. The summed E-state index contributed by atoms with van der Waals surface area (Å²) in [6.07, 6.45) is -4.50. The van der Waals surface area contributed by atoms with Crippen LogP contribution in [0, 0.1) is 0 Å².